The van der Waals surface area contributed by atoms with E-state index < -0.39 is 29.0 Å². The van der Waals surface area contributed by atoms with Gasteiger partial charge in [-0.05, 0) is 33.9 Å². The molecule has 0 aliphatic rings. The van der Waals surface area contributed by atoms with Crippen molar-refractivity contribution in [3.8, 4) is 0 Å². The first-order valence-electron chi connectivity index (χ1n) is 5.98. The number of Topliss-reactive ketones (excluding diaryl/α,β-unsaturated/α-hetero) is 1. The van der Waals surface area contributed by atoms with E-state index in [4.69, 9.17) is 16.3 Å². The van der Waals surface area contributed by atoms with Gasteiger partial charge in [0.15, 0.2) is 11.8 Å². The van der Waals surface area contributed by atoms with Crippen LogP contribution in [0.2, 0.25) is 5.02 Å². The highest BCUT2D eigenvalue weighted by Gasteiger charge is 2.30. The lowest BCUT2D eigenvalue weighted by Crippen LogP contribution is -2.45. The zero-order chi connectivity index (χ0) is 15.5. The molecule has 1 heterocycles. The second-order valence-corrected chi connectivity index (χ2v) is 5.59. The van der Waals surface area contributed by atoms with Crippen molar-refractivity contribution in [3.63, 3.8) is 0 Å². The van der Waals surface area contributed by atoms with Gasteiger partial charge in [-0.3, -0.25) is 9.59 Å². The van der Waals surface area contributed by atoms with Crippen molar-refractivity contribution in [3.05, 3.63) is 33.2 Å². The number of rotatable bonds is 4. The minimum atomic E-state index is -1.16. The number of carbonyl (C=O) groups excluding carboxylic acids is 2. The third kappa shape index (κ3) is 4.18. The average Bonchev–Trinajstić information content (AvgIpc) is 2.31. The van der Waals surface area contributed by atoms with Crippen LogP contribution in [0, 0.1) is 0 Å². The molecule has 0 bridgehead atoms. The van der Waals surface area contributed by atoms with Crippen LogP contribution in [-0.2, 0) is 9.53 Å². The zero-order valence-electron chi connectivity index (χ0n) is 11.7. The molecule has 0 spiro atoms. The van der Waals surface area contributed by atoms with Crippen LogP contribution in [0.25, 0.3) is 0 Å². The summed E-state index contributed by atoms with van der Waals surface area (Å²) in [5.74, 6) is -1.22. The SMILES string of the molecule is CNC(C(=O)OC(C)(C)C)C(=O)c1c[nH]c(=O)c(Cl)c1. The number of H-pyrrole nitrogens is 1. The number of ketones is 1. The lowest BCUT2D eigenvalue weighted by Gasteiger charge is -2.23. The number of nitrogens with one attached hydrogen (secondary N) is 2. The molecule has 1 aromatic rings. The maximum absolute atomic E-state index is 12.2. The van der Waals surface area contributed by atoms with Gasteiger partial charge in [0.05, 0.1) is 0 Å². The first-order chi connectivity index (χ1) is 9.15. The summed E-state index contributed by atoms with van der Waals surface area (Å²) in [5, 5.41) is 2.48. The Labute approximate surface area is 121 Å². The molecule has 1 aromatic heterocycles. The van der Waals surface area contributed by atoms with Crippen LogP contribution < -0.4 is 10.9 Å². The molecule has 6 nitrogen and oxygen atoms in total. The molecule has 0 aromatic carbocycles. The fourth-order valence-corrected chi connectivity index (χ4v) is 1.65. The van der Waals surface area contributed by atoms with E-state index in [-0.39, 0.29) is 10.6 Å². The van der Waals surface area contributed by atoms with Gasteiger partial charge in [-0.25, -0.2) is 4.79 Å². The van der Waals surface area contributed by atoms with E-state index in [1.54, 1.807) is 20.8 Å². The Balaban J connectivity index is 3.00. The van der Waals surface area contributed by atoms with Gasteiger partial charge in [0.25, 0.3) is 5.56 Å². The molecule has 0 fully saturated rings. The first kappa shape index (κ1) is 16.4. The monoisotopic (exact) mass is 300 g/mol. The smallest absolute Gasteiger partial charge is 0.331 e. The van der Waals surface area contributed by atoms with Crippen LogP contribution in [0.15, 0.2) is 17.1 Å². The maximum Gasteiger partial charge on any atom is 0.331 e. The number of halogens is 1. The third-order valence-corrected chi connectivity index (χ3v) is 2.62. The molecule has 0 amide bonds. The minimum absolute atomic E-state index is 0.116. The lowest BCUT2D eigenvalue weighted by atomic mass is 10.1. The molecule has 2 N–H and O–H groups in total. The zero-order valence-corrected chi connectivity index (χ0v) is 12.5. The highest BCUT2D eigenvalue weighted by Crippen LogP contribution is 2.12. The van der Waals surface area contributed by atoms with E-state index in [0.717, 1.165) is 0 Å². The van der Waals surface area contributed by atoms with Crippen molar-refractivity contribution >= 4 is 23.4 Å². The summed E-state index contributed by atoms with van der Waals surface area (Å²) >= 11 is 5.66. The molecule has 0 radical (unpaired) electrons. The summed E-state index contributed by atoms with van der Waals surface area (Å²) in [6, 6.07) is 0.0634. The molecule has 1 rings (SSSR count). The van der Waals surface area contributed by atoms with Crippen LogP contribution >= 0.6 is 11.6 Å². The molecule has 1 unspecified atom stereocenters. The number of pyridine rings is 1. The summed E-state index contributed by atoms with van der Waals surface area (Å²) in [6.07, 6.45) is 1.21. The predicted molar refractivity (Wildman–Crippen MR) is 75.1 cm³/mol. The highest BCUT2D eigenvalue weighted by molar-refractivity contribution is 6.30. The first-order valence-corrected chi connectivity index (χ1v) is 6.36. The fraction of sp³-hybridized carbons (Fsp3) is 0.462. The van der Waals surface area contributed by atoms with Gasteiger partial charge in [0.2, 0.25) is 0 Å². The Morgan fingerprint density at radius 1 is 1.40 bits per heavy atom. The number of aromatic nitrogens is 1. The number of esters is 1. The van der Waals surface area contributed by atoms with Crippen LogP contribution in [0.4, 0.5) is 0 Å². The summed E-state index contributed by atoms with van der Waals surface area (Å²) < 4.78 is 5.16. The van der Waals surface area contributed by atoms with E-state index in [0.29, 0.717) is 0 Å². The minimum Gasteiger partial charge on any atom is -0.458 e. The Kier molecular flexibility index (Phi) is 5.08. The maximum atomic E-state index is 12.2. The van der Waals surface area contributed by atoms with Crippen LogP contribution in [0.3, 0.4) is 0 Å². The molecular formula is C13H17ClN2O4. The van der Waals surface area contributed by atoms with Crippen molar-refractivity contribution in [2.45, 2.75) is 32.4 Å². The average molecular weight is 301 g/mol. The fourth-order valence-electron chi connectivity index (χ4n) is 1.48. The largest absolute Gasteiger partial charge is 0.458 e. The summed E-state index contributed by atoms with van der Waals surface area (Å²) in [7, 11) is 1.47. The summed E-state index contributed by atoms with van der Waals surface area (Å²) in [6.45, 7) is 5.12. The lowest BCUT2D eigenvalue weighted by molar-refractivity contribution is -0.155. The van der Waals surface area contributed by atoms with Crippen molar-refractivity contribution in [1.29, 1.82) is 0 Å². The number of carbonyl (C=O) groups is 2. The Morgan fingerprint density at radius 2 is 2.00 bits per heavy atom. The topological polar surface area (TPSA) is 88.3 Å². The standard InChI is InChI=1S/C13H17ClN2O4/c1-13(2,3)20-12(19)9(15-4)10(17)7-5-8(14)11(18)16-6-7/h5-6,9,15H,1-4H3,(H,16,18). The van der Waals surface area contributed by atoms with Crippen LogP contribution in [0.5, 0.6) is 0 Å². The molecule has 1 atom stereocenters. The van der Waals surface area contributed by atoms with E-state index >= 15 is 0 Å². The molecule has 110 valence electrons. The number of ether oxygens (including phenoxy) is 1. The normalized spacial score (nSPS) is 12.8. The van der Waals surface area contributed by atoms with Gasteiger partial charge in [-0.2, -0.15) is 0 Å². The van der Waals surface area contributed by atoms with Gasteiger partial charge < -0.3 is 15.0 Å². The predicted octanol–water partition coefficient (Wildman–Crippen LogP) is 1.14. The number of hydrogen-bond donors (Lipinski definition) is 2. The Morgan fingerprint density at radius 3 is 2.45 bits per heavy atom. The van der Waals surface area contributed by atoms with Gasteiger partial charge in [-0.15, -0.1) is 0 Å². The number of hydrogen-bond acceptors (Lipinski definition) is 5. The van der Waals surface area contributed by atoms with Gasteiger partial charge >= 0.3 is 5.97 Å². The molecule has 0 saturated carbocycles. The number of likely N-dealkylation sites (N-methyl/N-ethyl adjacent to an activating group) is 1. The molecule has 7 heteroatoms. The van der Waals surface area contributed by atoms with E-state index in [1.165, 1.54) is 19.3 Å². The molecule has 0 saturated heterocycles. The van der Waals surface area contributed by atoms with Crippen molar-refractivity contribution in [1.82, 2.24) is 10.3 Å². The molecule has 20 heavy (non-hydrogen) atoms. The van der Waals surface area contributed by atoms with Crippen molar-refractivity contribution in [2.24, 2.45) is 0 Å². The van der Waals surface area contributed by atoms with Crippen molar-refractivity contribution < 1.29 is 14.3 Å². The second kappa shape index (κ2) is 6.19. The highest BCUT2D eigenvalue weighted by atomic mass is 35.5. The summed E-state index contributed by atoms with van der Waals surface area (Å²) in [4.78, 5) is 37.6. The van der Waals surface area contributed by atoms with Gasteiger partial charge in [-0.1, -0.05) is 11.6 Å². The van der Waals surface area contributed by atoms with E-state index in [2.05, 4.69) is 10.3 Å². The molecule has 0 aliphatic heterocycles. The summed E-state index contributed by atoms with van der Waals surface area (Å²) in [5.41, 5.74) is -1.07. The molecular weight excluding hydrogens is 284 g/mol. The van der Waals surface area contributed by atoms with Gasteiger partial charge in [0.1, 0.15) is 10.6 Å². The van der Waals surface area contributed by atoms with Gasteiger partial charge in [0, 0.05) is 11.8 Å². The Bertz CT molecular complexity index is 574. The van der Waals surface area contributed by atoms with E-state index in [1.807, 2.05) is 0 Å². The van der Waals surface area contributed by atoms with Crippen LogP contribution in [0.1, 0.15) is 31.1 Å². The van der Waals surface area contributed by atoms with Crippen molar-refractivity contribution in [2.75, 3.05) is 7.05 Å². The number of aromatic amines is 1. The quantitative estimate of drug-likeness (QED) is 0.494. The molecule has 0 aliphatic carbocycles. The van der Waals surface area contributed by atoms with Crippen LogP contribution in [-0.4, -0.2) is 35.4 Å². The third-order valence-electron chi connectivity index (χ3n) is 2.34. The Hall–Kier alpha value is -1.66. The van der Waals surface area contributed by atoms with E-state index in [9.17, 15) is 14.4 Å². The second-order valence-electron chi connectivity index (χ2n) is 5.18.